The lowest BCUT2D eigenvalue weighted by Gasteiger charge is -2.42. The number of rotatable bonds is 5. The summed E-state index contributed by atoms with van der Waals surface area (Å²) in [5, 5.41) is 9.70. The van der Waals surface area contributed by atoms with Crippen molar-refractivity contribution in [1.29, 1.82) is 0 Å². The predicted octanol–water partition coefficient (Wildman–Crippen LogP) is 1.84. The van der Waals surface area contributed by atoms with E-state index in [-0.39, 0.29) is 23.3 Å². The molecule has 0 spiro atoms. The smallest absolute Gasteiger partial charge is 0.322 e. The third-order valence-electron chi connectivity index (χ3n) is 4.25. The van der Waals surface area contributed by atoms with Crippen molar-refractivity contribution >= 4 is 35.0 Å². The Morgan fingerprint density at radius 2 is 2.00 bits per heavy atom. The van der Waals surface area contributed by atoms with Gasteiger partial charge in [-0.1, -0.05) is 30.8 Å². The Hall–Kier alpha value is -2.55. The van der Waals surface area contributed by atoms with Crippen LogP contribution in [0.5, 0.6) is 0 Å². The number of amides is 2. The van der Waals surface area contributed by atoms with Crippen LogP contribution >= 0.6 is 11.8 Å². The zero-order valence-electron chi connectivity index (χ0n) is 14.9. The summed E-state index contributed by atoms with van der Waals surface area (Å²) in [6, 6.07) is 7.21. The summed E-state index contributed by atoms with van der Waals surface area (Å²) in [7, 11) is 0. The predicted molar refractivity (Wildman–Crippen MR) is 100 cm³/mol. The molecule has 9 heteroatoms. The number of hydrogen-bond acceptors (Lipinski definition) is 5. The van der Waals surface area contributed by atoms with Gasteiger partial charge in [0.2, 0.25) is 11.8 Å². The van der Waals surface area contributed by atoms with Crippen LogP contribution in [0.25, 0.3) is 0 Å². The minimum Gasteiger partial charge on any atom is -0.322 e. The van der Waals surface area contributed by atoms with Crippen molar-refractivity contribution in [3.63, 3.8) is 0 Å². The molecule has 26 heavy (non-hydrogen) atoms. The second kappa shape index (κ2) is 6.99. The second-order valence-electron chi connectivity index (χ2n) is 6.51. The molecule has 1 aliphatic rings. The van der Waals surface area contributed by atoms with Gasteiger partial charge in [-0.05, 0) is 32.4 Å². The zero-order chi connectivity index (χ0) is 18.9. The van der Waals surface area contributed by atoms with Crippen molar-refractivity contribution in [1.82, 2.24) is 14.8 Å². The third-order valence-corrected chi connectivity index (χ3v) is 5.21. The number of thioether (sulfide) groups is 1. The topological polar surface area (TPSA) is 100 Å². The number of aromatic nitrogens is 3. The van der Waals surface area contributed by atoms with Gasteiger partial charge in [-0.3, -0.25) is 19.1 Å². The minimum atomic E-state index is -1.01. The lowest BCUT2D eigenvalue weighted by atomic mass is 9.96. The number of benzene rings is 1. The molecule has 2 N–H and O–H groups in total. The average Bonchev–Trinajstić information content (AvgIpc) is 2.94. The van der Waals surface area contributed by atoms with Crippen LogP contribution in [0.3, 0.4) is 0 Å². The summed E-state index contributed by atoms with van der Waals surface area (Å²) in [4.78, 5) is 38.7. The van der Waals surface area contributed by atoms with E-state index < -0.39 is 5.54 Å². The second-order valence-corrected chi connectivity index (χ2v) is 7.45. The van der Waals surface area contributed by atoms with Gasteiger partial charge in [-0.15, -0.1) is 5.10 Å². The first-order chi connectivity index (χ1) is 12.4. The Morgan fingerprint density at radius 1 is 1.27 bits per heavy atom. The maximum absolute atomic E-state index is 13.0. The normalized spacial score (nSPS) is 15.5. The first-order valence-corrected chi connectivity index (χ1v) is 9.36. The van der Waals surface area contributed by atoms with Crippen molar-refractivity contribution in [2.45, 2.75) is 44.4 Å². The highest BCUT2D eigenvalue weighted by molar-refractivity contribution is 7.99. The monoisotopic (exact) mass is 375 g/mol. The Balaban J connectivity index is 1.85. The maximum Gasteiger partial charge on any atom is 0.343 e. The van der Waals surface area contributed by atoms with Crippen molar-refractivity contribution in [2.24, 2.45) is 0 Å². The fraction of sp³-hybridized carbons (Fsp3) is 0.412. The molecule has 3 rings (SSSR count). The van der Waals surface area contributed by atoms with Crippen LogP contribution in [0.1, 0.15) is 27.2 Å². The van der Waals surface area contributed by atoms with Crippen LogP contribution in [0.2, 0.25) is 0 Å². The summed E-state index contributed by atoms with van der Waals surface area (Å²) < 4.78 is 1.51. The van der Waals surface area contributed by atoms with E-state index in [0.29, 0.717) is 23.1 Å². The van der Waals surface area contributed by atoms with Crippen LogP contribution in [-0.4, -0.2) is 37.9 Å². The Bertz CT molecular complexity index is 902. The molecule has 1 aliphatic heterocycles. The van der Waals surface area contributed by atoms with Gasteiger partial charge in [0.25, 0.3) is 0 Å². The number of carbonyl (C=O) groups excluding carboxylic acids is 2. The van der Waals surface area contributed by atoms with E-state index in [0.717, 1.165) is 6.42 Å². The van der Waals surface area contributed by atoms with E-state index in [1.165, 1.54) is 21.2 Å². The standard InChI is InChI=1S/C17H21N5O3S/c1-4-9-21-15(25)19-20-16(21)26-10-13(23)22-12-8-6-5-7-11(12)18-14(24)17(22,2)3/h5-8H,4,9-10H2,1-3H3,(H,18,24)(H,19,25). The molecular weight excluding hydrogens is 354 g/mol. The van der Waals surface area contributed by atoms with E-state index in [2.05, 4.69) is 15.5 Å². The number of nitrogens with zero attached hydrogens (tertiary/aromatic N) is 3. The van der Waals surface area contributed by atoms with Gasteiger partial charge < -0.3 is 5.32 Å². The quantitative estimate of drug-likeness (QED) is 0.777. The Labute approximate surface area is 155 Å². The number of aromatic amines is 1. The first-order valence-electron chi connectivity index (χ1n) is 8.37. The molecule has 0 aliphatic carbocycles. The molecule has 2 heterocycles. The molecule has 2 amide bonds. The van der Waals surface area contributed by atoms with Crippen LogP contribution in [0.15, 0.2) is 34.2 Å². The maximum atomic E-state index is 13.0. The largest absolute Gasteiger partial charge is 0.343 e. The highest BCUT2D eigenvalue weighted by atomic mass is 32.2. The van der Waals surface area contributed by atoms with Crippen LogP contribution < -0.4 is 15.9 Å². The van der Waals surface area contributed by atoms with Crippen LogP contribution in [0.4, 0.5) is 11.4 Å². The third kappa shape index (κ3) is 3.14. The van der Waals surface area contributed by atoms with E-state index in [9.17, 15) is 14.4 Å². The number of carbonyl (C=O) groups is 2. The van der Waals surface area contributed by atoms with Gasteiger partial charge in [0.1, 0.15) is 5.54 Å². The Morgan fingerprint density at radius 3 is 2.73 bits per heavy atom. The summed E-state index contributed by atoms with van der Waals surface area (Å²) in [6.07, 6.45) is 0.785. The van der Waals surface area contributed by atoms with E-state index in [1.54, 1.807) is 26.0 Å². The molecule has 1 aromatic heterocycles. The molecule has 0 fully saturated rings. The summed E-state index contributed by atoms with van der Waals surface area (Å²) in [6.45, 7) is 5.92. The number of anilines is 2. The highest BCUT2D eigenvalue weighted by Crippen LogP contribution is 2.37. The first kappa shape index (κ1) is 18.2. The van der Waals surface area contributed by atoms with Gasteiger partial charge in [-0.25, -0.2) is 9.89 Å². The molecule has 1 aromatic carbocycles. The van der Waals surface area contributed by atoms with E-state index >= 15 is 0 Å². The van der Waals surface area contributed by atoms with Crippen molar-refractivity contribution < 1.29 is 9.59 Å². The molecule has 0 saturated heterocycles. The van der Waals surface area contributed by atoms with E-state index in [1.807, 2.05) is 19.1 Å². The van der Waals surface area contributed by atoms with E-state index in [4.69, 9.17) is 0 Å². The van der Waals surface area contributed by atoms with Crippen LogP contribution in [-0.2, 0) is 16.1 Å². The van der Waals surface area contributed by atoms with Crippen LogP contribution in [0, 0.1) is 0 Å². The summed E-state index contributed by atoms with van der Waals surface area (Å²) >= 11 is 1.18. The molecule has 138 valence electrons. The molecule has 8 nitrogen and oxygen atoms in total. The number of fused-ring (bicyclic) bond motifs is 1. The van der Waals surface area contributed by atoms with Crippen molar-refractivity contribution in [3.05, 3.63) is 34.7 Å². The van der Waals surface area contributed by atoms with Crippen molar-refractivity contribution in [2.75, 3.05) is 16.0 Å². The van der Waals surface area contributed by atoms with Crippen molar-refractivity contribution in [3.8, 4) is 0 Å². The average molecular weight is 375 g/mol. The summed E-state index contributed by atoms with van der Waals surface area (Å²) in [5.41, 5.74) is -0.0287. The lowest BCUT2D eigenvalue weighted by molar-refractivity contribution is -0.125. The molecular formula is C17H21N5O3S. The van der Waals surface area contributed by atoms with Gasteiger partial charge in [0.05, 0.1) is 17.1 Å². The van der Waals surface area contributed by atoms with Gasteiger partial charge >= 0.3 is 5.69 Å². The number of nitrogens with one attached hydrogen (secondary N) is 2. The molecule has 0 unspecified atom stereocenters. The zero-order valence-corrected chi connectivity index (χ0v) is 15.7. The molecule has 0 atom stereocenters. The molecule has 0 radical (unpaired) electrons. The number of H-pyrrole nitrogens is 1. The van der Waals surface area contributed by atoms with Gasteiger partial charge in [-0.2, -0.15) is 0 Å². The number of para-hydroxylation sites is 2. The lowest BCUT2D eigenvalue weighted by Crippen LogP contribution is -2.59. The molecule has 0 bridgehead atoms. The highest BCUT2D eigenvalue weighted by Gasteiger charge is 2.43. The van der Waals surface area contributed by atoms with Gasteiger partial charge in [0.15, 0.2) is 5.16 Å². The number of hydrogen-bond donors (Lipinski definition) is 2. The summed E-state index contributed by atoms with van der Waals surface area (Å²) in [5.74, 6) is -0.392. The fourth-order valence-electron chi connectivity index (χ4n) is 2.92. The minimum absolute atomic E-state index is 0.0685. The Kier molecular flexibility index (Phi) is 4.90. The van der Waals surface area contributed by atoms with Gasteiger partial charge in [0, 0.05) is 6.54 Å². The SMILES string of the molecule is CCCn1c(SCC(=O)N2c3ccccc3NC(=O)C2(C)C)n[nH]c1=O. The fourth-order valence-corrected chi connectivity index (χ4v) is 3.75. The molecule has 0 saturated carbocycles. The molecule has 2 aromatic rings.